The lowest BCUT2D eigenvalue weighted by Gasteiger charge is -2.08. The van der Waals surface area contributed by atoms with Gasteiger partial charge in [-0.3, -0.25) is 4.98 Å². The minimum absolute atomic E-state index is 0.533. The van der Waals surface area contributed by atoms with E-state index in [1.165, 1.54) is 0 Å². The molecule has 0 bridgehead atoms. The summed E-state index contributed by atoms with van der Waals surface area (Å²) < 4.78 is 10.4. The lowest BCUT2D eigenvalue weighted by Crippen LogP contribution is -2.04. The molecular formula is C16H19NO3. The summed E-state index contributed by atoms with van der Waals surface area (Å²) in [6.07, 6.45) is -0.563. The third-order valence-electron chi connectivity index (χ3n) is 2.90. The summed E-state index contributed by atoms with van der Waals surface area (Å²) in [5, 5.41) is 9.57. The molecule has 0 radical (unpaired) electrons. The zero-order valence-electron chi connectivity index (χ0n) is 11.7. The number of aliphatic hydroxyl groups is 1. The van der Waals surface area contributed by atoms with Gasteiger partial charge in [-0.05, 0) is 43.3 Å². The number of hydrogen-bond acceptors (Lipinski definition) is 4. The Bertz CT molecular complexity index is 538. The van der Waals surface area contributed by atoms with E-state index < -0.39 is 6.10 Å². The average Bonchev–Trinajstić information content (AvgIpc) is 2.48. The molecule has 4 nitrogen and oxygen atoms in total. The highest BCUT2D eigenvalue weighted by Crippen LogP contribution is 2.22. The lowest BCUT2D eigenvalue weighted by molar-refractivity contribution is 0.146. The Morgan fingerprint density at radius 1 is 1.10 bits per heavy atom. The molecule has 0 fully saturated rings. The summed E-state index contributed by atoms with van der Waals surface area (Å²) in [4.78, 5) is 4.44. The first-order valence-electron chi connectivity index (χ1n) is 6.58. The molecule has 106 valence electrons. The van der Waals surface area contributed by atoms with E-state index in [0.29, 0.717) is 18.9 Å². The van der Waals surface area contributed by atoms with E-state index in [2.05, 4.69) is 4.98 Å². The van der Waals surface area contributed by atoms with Gasteiger partial charge in [-0.2, -0.15) is 0 Å². The molecule has 0 spiro atoms. The quantitative estimate of drug-likeness (QED) is 0.822. The van der Waals surface area contributed by atoms with Crippen molar-refractivity contribution in [1.82, 2.24) is 4.98 Å². The Morgan fingerprint density at radius 3 is 2.50 bits per heavy atom. The highest BCUT2D eigenvalue weighted by molar-refractivity contribution is 5.60. The highest BCUT2D eigenvalue weighted by Gasteiger charge is 2.05. The SMILES string of the molecule is COCCOc1ccc(-c2cccc([C@H](C)O)n2)cc1. The molecule has 0 aliphatic heterocycles. The second-order valence-corrected chi connectivity index (χ2v) is 4.49. The minimum atomic E-state index is -0.563. The summed E-state index contributed by atoms with van der Waals surface area (Å²) in [5.41, 5.74) is 2.50. The highest BCUT2D eigenvalue weighted by atomic mass is 16.5. The van der Waals surface area contributed by atoms with Gasteiger partial charge in [0.15, 0.2) is 0 Å². The number of hydrogen-bond donors (Lipinski definition) is 1. The van der Waals surface area contributed by atoms with Crippen LogP contribution in [0.4, 0.5) is 0 Å². The van der Waals surface area contributed by atoms with Crippen molar-refractivity contribution in [2.45, 2.75) is 13.0 Å². The van der Waals surface area contributed by atoms with Gasteiger partial charge in [0.1, 0.15) is 12.4 Å². The summed E-state index contributed by atoms with van der Waals surface area (Å²) in [7, 11) is 1.65. The van der Waals surface area contributed by atoms with Crippen LogP contribution in [0.2, 0.25) is 0 Å². The second-order valence-electron chi connectivity index (χ2n) is 4.49. The largest absolute Gasteiger partial charge is 0.491 e. The molecular weight excluding hydrogens is 254 g/mol. The molecule has 0 unspecified atom stereocenters. The van der Waals surface area contributed by atoms with Crippen molar-refractivity contribution in [2.24, 2.45) is 0 Å². The third-order valence-corrected chi connectivity index (χ3v) is 2.90. The van der Waals surface area contributed by atoms with Gasteiger partial charge in [-0.1, -0.05) is 6.07 Å². The van der Waals surface area contributed by atoms with E-state index in [4.69, 9.17) is 9.47 Å². The Morgan fingerprint density at radius 2 is 1.85 bits per heavy atom. The van der Waals surface area contributed by atoms with Crippen molar-refractivity contribution in [3.63, 3.8) is 0 Å². The number of ether oxygens (including phenoxy) is 2. The van der Waals surface area contributed by atoms with Crippen LogP contribution in [0.5, 0.6) is 5.75 Å². The zero-order chi connectivity index (χ0) is 14.4. The van der Waals surface area contributed by atoms with Gasteiger partial charge in [-0.15, -0.1) is 0 Å². The number of aliphatic hydroxyl groups excluding tert-OH is 1. The van der Waals surface area contributed by atoms with Crippen LogP contribution in [-0.4, -0.2) is 30.4 Å². The van der Waals surface area contributed by atoms with Gasteiger partial charge in [0, 0.05) is 12.7 Å². The van der Waals surface area contributed by atoms with Crippen LogP contribution in [0.25, 0.3) is 11.3 Å². The van der Waals surface area contributed by atoms with Crippen LogP contribution in [-0.2, 0) is 4.74 Å². The lowest BCUT2D eigenvalue weighted by atomic mass is 10.1. The monoisotopic (exact) mass is 273 g/mol. The predicted octanol–water partition coefficient (Wildman–Crippen LogP) is 2.83. The van der Waals surface area contributed by atoms with Crippen molar-refractivity contribution < 1.29 is 14.6 Å². The smallest absolute Gasteiger partial charge is 0.119 e. The third kappa shape index (κ3) is 3.79. The van der Waals surface area contributed by atoms with Crippen molar-refractivity contribution in [1.29, 1.82) is 0 Å². The van der Waals surface area contributed by atoms with E-state index in [9.17, 15) is 5.11 Å². The maximum atomic E-state index is 9.57. The van der Waals surface area contributed by atoms with Crippen LogP contribution in [0.3, 0.4) is 0 Å². The Labute approximate surface area is 119 Å². The first kappa shape index (κ1) is 14.5. The van der Waals surface area contributed by atoms with Gasteiger partial charge in [0.2, 0.25) is 0 Å². The number of benzene rings is 1. The number of rotatable bonds is 6. The number of aromatic nitrogens is 1. The molecule has 0 amide bonds. The van der Waals surface area contributed by atoms with Gasteiger partial charge >= 0.3 is 0 Å². The fraction of sp³-hybridized carbons (Fsp3) is 0.312. The molecule has 1 aromatic carbocycles. The maximum absolute atomic E-state index is 9.57. The fourth-order valence-electron chi connectivity index (χ4n) is 1.81. The fourth-order valence-corrected chi connectivity index (χ4v) is 1.81. The Kier molecular flexibility index (Phi) is 5.09. The van der Waals surface area contributed by atoms with Crippen LogP contribution < -0.4 is 4.74 Å². The van der Waals surface area contributed by atoms with Crippen molar-refractivity contribution in [3.05, 3.63) is 48.2 Å². The number of pyridine rings is 1. The van der Waals surface area contributed by atoms with Gasteiger partial charge < -0.3 is 14.6 Å². The first-order chi connectivity index (χ1) is 9.70. The molecule has 0 aliphatic carbocycles. The van der Waals surface area contributed by atoms with E-state index in [-0.39, 0.29) is 0 Å². The molecule has 1 aromatic heterocycles. The first-order valence-corrected chi connectivity index (χ1v) is 6.58. The van der Waals surface area contributed by atoms with Crippen LogP contribution in [0.15, 0.2) is 42.5 Å². The van der Waals surface area contributed by atoms with E-state index in [1.54, 1.807) is 14.0 Å². The Hall–Kier alpha value is -1.91. The molecule has 20 heavy (non-hydrogen) atoms. The van der Waals surface area contributed by atoms with E-state index in [1.807, 2.05) is 42.5 Å². The van der Waals surface area contributed by atoms with Crippen LogP contribution >= 0.6 is 0 Å². The molecule has 0 saturated heterocycles. The summed E-state index contributed by atoms with van der Waals surface area (Å²) >= 11 is 0. The summed E-state index contributed by atoms with van der Waals surface area (Å²) in [6.45, 7) is 2.81. The number of nitrogens with zero attached hydrogens (tertiary/aromatic N) is 1. The molecule has 4 heteroatoms. The molecule has 2 rings (SSSR count). The van der Waals surface area contributed by atoms with E-state index >= 15 is 0 Å². The van der Waals surface area contributed by atoms with Crippen molar-refractivity contribution >= 4 is 0 Å². The van der Waals surface area contributed by atoms with Gasteiger partial charge in [-0.25, -0.2) is 0 Å². The van der Waals surface area contributed by atoms with Crippen molar-refractivity contribution in [3.8, 4) is 17.0 Å². The van der Waals surface area contributed by atoms with Crippen LogP contribution in [0, 0.1) is 0 Å². The molecule has 2 aromatic rings. The molecule has 0 aliphatic rings. The standard InChI is InChI=1S/C16H19NO3/c1-12(18)15-4-3-5-16(17-15)13-6-8-14(9-7-13)20-11-10-19-2/h3-9,12,18H,10-11H2,1-2H3/t12-/m0/s1. The second kappa shape index (κ2) is 7.03. The number of methoxy groups -OCH3 is 1. The average molecular weight is 273 g/mol. The van der Waals surface area contributed by atoms with Gasteiger partial charge in [0.25, 0.3) is 0 Å². The predicted molar refractivity (Wildman–Crippen MR) is 77.7 cm³/mol. The maximum Gasteiger partial charge on any atom is 0.119 e. The molecule has 1 atom stereocenters. The normalized spacial score (nSPS) is 12.2. The molecule has 1 N–H and O–H groups in total. The molecule has 1 heterocycles. The van der Waals surface area contributed by atoms with Crippen LogP contribution in [0.1, 0.15) is 18.7 Å². The van der Waals surface area contributed by atoms with Crippen molar-refractivity contribution in [2.75, 3.05) is 20.3 Å². The van der Waals surface area contributed by atoms with E-state index in [0.717, 1.165) is 17.0 Å². The van der Waals surface area contributed by atoms with Gasteiger partial charge in [0.05, 0.1) is 24.1 Å². The summed E-state index contributed by atoms with van der Waals surface area (Å²) in [6, 6.07) is 13.4. The minimum Gasteiger partial charge on any atom is -0.491 e. The zero-order valence-corrected chi connectivity index (χ0v) is 11.7. The Balaban J connectivity index is 2.11. The topological polar surface area (TPSA) is 51.6 Å². The summed E-state index contributed by atoms with van der Waals surface area (Å²) in [5.74, 6) is 0.803. The molecule has 0 saturated carbocycles.